The van der Waals surface area contributed by atoms with Crippen molar-refractivity contribution in [1.82, 2.24) is 9.78 Å². The molecule has 1 aliphatic rings. The number of aromatic nitrogens is 2. The molecule has 2 heterocycles. The molecule has 0 bridgehead atoms. The zero-order chi connectivity index (χ0) is 14.9. The van der Waals surface area contributed by atoms with Gasteiger partial charge in [0.1, 0.15) is 5.69 Å². The smallest absolute Gasteiger partial charge is 0.333 e. The molecule has 7 nitrogen and oxygen atoms in total. The number of nitrogens with zero attached hydrogens (tertiary/aromatic N) is 4. The topological polar surface area (TPSA) is 84.4 Å². The Kier molecular flexibility index (Phi) is 3.99. The number of nitro groups is 1. The molecule has 1 fully saturated rings. The van der Waals surface area contributed by atoms with Gasteiger partial charge in [-0.25, -0.2) is 4.68 Å². The van der Waals surface area contributed by atoms with Crippen molar-refractivity contribution in [1.29, 1.82) is 0 Å². The zero-order valence-electron chi connectivity index (χ0n) is 12.3. The van der Waals surface area contributed by atoms with Gasteiger partial charge in [0.05, 0.1) is 23.6 Å². The predicted molar refractivity (Wildman–Crippen MR) is 76.0 cm³/mol. The number of aliphatic hydroxyl groups is 1. The van der Waals surface area contributed by atoms with Crippen molar-refractivity contribution in [3.05, 3.63) is 15.8 Å². The van der Waals surface area contributed by atoms with Gasteiger partial charge in [0.2, 0.25) is 5.82 Å². The number of β-amino-alcohol motifs (C(OH)–C–C–N with tert-alkyl or cyclic N) is 1. The third-order valence-electron chi connectivity index (χ3n) is 3.67. The number of aryl methyl sites for hydroxylation is 2. The summed E-state index contributed by atoms with van der Waals surface area (Å²) in [5.41, 5.74) is -0.209. The van der Waals surface area contributed by atoms with Crippen LogP contribution in [0.4, 0.5) is 11.5 Å². The van der Waals surface area contributed by atoms with Gasteiger partial charge in [-0.2, -0.15) is 5.10 Å². The highest BCUT2D eigenvalue weighted by Crippen LogP contribution is 2.38. The predicted octanol–water partition coefficient (Wildman–Crippen LogP) is 1.86. The van der Waals surface area contributed by atoms with Crippen LogP contribution >= 0.6 is 0 Å². The van der Waals surface area contributed by atoms with Gasteiger partial charge in [-0.3, -0.25) is 10.1 Å². The van der Waals surface area contributed by atoms with Crippen LogP contribution in [0, 0.1) is 17.0 Å². The molecule has 0 radical (unpaired) electrons. The second kappa shape index (κ2) is 5.40. The fraction of sp³-hybridized carbons (Fsp3) is 0.769. The fourth-order valence-corrected chi connectivity index (χ4v) is 2.89. The Morgan fingerprint density at radius 1 is 1.40 bits per heavy atom. The average molecular weight is 282 g/mol. The molecule has 112 valence electrons. The highest BCUT2D eigenvalue weighted by molar-refractivity contribution is 5.63. The summed E-state index contributed by atoms with van der Waals surface area (Å²) < 4.78 is 1.69. The molecule has 7 heteroatoms. The first-order valence-electron chi connectivity index (χ1n) is 7.11. The van der Waals surface area contributed by atoms with Crippen molar-refractivity contribution in [2.45, 2.75) is 52.2 Å². The summed E-state index contributed by atoms with van der Waals surface area (Å²) in [7, 11) is 0. The van der Waals surface area contributed by atoms with Crippen LogP contribution in [0.2, 0.25) is 0 Å². The maximum atomic E-state index is 11.3. The Hall–Kier alpha value is -1.63. The second-order valence-corrected chi connectivity index (χ2v) is 5.57. The number of anilines is 1. The first-order chi connectivity index (χ1) is 9.41. The summed E-state index contributed by atoms with van der Waals surface area (Å²) in [4.78, 5) is 12.7. The molecule has 1 saturated heterocycles. The molecule has 0 aliphatic carbocycles. The Balaban J connectivity index is 2.29. The van der Waals surface area contributed by atoms with Crippen molar-refractivity contribution in [2.24, 2.45) is 0 Å². The van der Waals surface area contributed by atoms with E-state index in [1.54, 1.807) is 11.6 Å². The lowest BCUT2D eigenvalue weighted by Crippen LogP contribution is -2.62. The molecule has 2 rings (SSSR count). The Labute approximate surface area is 118 Å². The van der Waals surface area contributed by atoms with Gasteiger partial charge in [-0.15, -0.1) is 0 Å². The highest BCUT2D eigenvalue weighted by Gasteiger charge is 2.44. The molecule has 1 aromatic heterocycles. The molecule has 0 amide bonds. The van der Waals surface area contributed by atoms with Crippen LogP contribution in [0.15, 0.2) is 0 Å². The van der Waals surface area contributed by atoms with E-state index in [0.717, 1.165) is 19.3 Å². The number of hydrogen-bond donors (Lipinski definition) is 1. The average Bonchev–Trinajstić information content (AvgIpc) is 2.63. The van der Waals surface area contributed by atoms with Crippen LogP contribution < -0.4 is 4.90 Å². The van der Waals surface area contributed by atoms with Gasteiger partial charge in [0.15, 0.2) is 0 Å². The Morgan fingerprint density at radius 3 is 2.55 bits per heavy atom. The minimum atomic E-state index is -0.710. The Bertz CT molecular complexity index is 506. The molecule has 0 aromatic carbocycles. The van der Waals surface area contributed by atoms with Gasteiger partial charge >= 0.3 is 5.69 Å². The van der Waals surface area contributed by atoms with Crippen molar-refractivity contribution in [3.63, 3.8) is 0 Å². The van der Waals surface area contributed by atoms with Gasteiger partial charge in [0.25, 0.3) is 0 Å². The van der Waals surface area contributed by atoms with Gasteiger partial charge in [-0.1, -0.05) is 20.3 Å². The molecule has 1 N–H and O–H groups in total. The van der Waals surface area contributed by atoms with Crippen LogP contribution in [0.5, 0.6) is 0 Å². The third-order valence-corrected chi connectivity index (χ3v) is 3.67. The lowest BCUT2D eigenvalue weighted by molar-refractivity contribution is -0.384. The van der Waals surface area contributed by atoms with Crippen LogP contribution in [-0.4, -0.2) is 38.5 Å². The maximum Gasteiger partial charge on any atom is 0.333 e. The molecule has 0 atom stereocenters. The summed E-state index contributed by atoms with van der Waals surface area (Å²) in [6.07, 6.45) is 2.48. The van der Waals surface area contributed by atoms with E-state index in [2.05, 4.69) is 5.10 Å². The van der Waals surface area contributed by atoms with E-state index in [9.17, 15) is 15.2 Å². The highest BCUT2D eigenvalue weighted by atomic mass is 16.6. The van der Waals surface area contributed by atoms with E-state index in [-0.39, 0.29) is 10.6 Å². The SMILES string of the molecule is CCCn1nc(C)c([N+](=O)[O-])c1N1CC(O)(CCC)C1. The maximum absolute atomic E-state index is 11.3. The molecule has 1 aliphatic heterocycles. The lowest BCUT2D eigenvalue weighted by Gasteiger charge is -2.47. The largest absolute Gasteiger partial charge is 0.386 e. The van der Waals surface area contributed by atoms with E-state index in [1.807, 2.05) is 18.7 Å². The Morgan fingerprint density at radius 2 is 2.05 bits per heavy atom. The van der Waals surface area contributed by atoms with Crippen LogP contribution in [-0.2, 0) is 6.54 Å². The molecule has 20 heavy (non-hydrogen) atoms. The number of hydrogen-bond acceptors (Lipinski definition) is 5. The molecule has 0 unspecified atom stereocenters. The standard InChI is InChI=1S/C13H22N4O3/c1-4-6-13(18)8-15(9-13)12-11(17(19)20)10(3)14-16(12)7-5-2/h18H,4-9H2,1-3H3. The van der Waals surface area contributed by atoms with Crippen LogP contribution in [0.3, 0.4) is 0 Å². The molecular formula is C13H22N4O3. The summed E-state index contributed by atoms with van der Waals surface area (Å²) in [6.45, 7) is 7.22. The molecule has 0 spiro atoms. The minimum Gasteiger partial charge on any atom is -0.386 e. The molecular weight excluding hydrogens is 260 g/mol. The van der Waals surface area contributed by atoms with Gasteiger partial charge in [-0.05, 0) is 19.8 Å². The van der Waals surface area contributed by atoms with E-state index >= 15 is 0 Å². The molecule has 0 saturated carbocycles. The summed E-state index contributed by atoms with van der Waals surface area (Å²) >= 11 is 0. The van der Waals surface area contributed by atoms with Crippen LogP contribution in [0.1, 0.15) is 38.8 Å². The van der Waals surface area contributed by atoms with E-state index in [0.29, 0.717) is 31.1 Å². The van der Waals surface area contributed by atoms with E-state index in [1.165, 1.54) is 0 Å². The zero-order valence-corrected chi connectivity index (χ0v) is 12.3. The lowest BCUT2D eigenvalue weighted by atomic mass is 9.89. The van der Waals surface area contributed by atoms with E-state index in [4.69, 9.17) is 0 Å². The molecule has 1 aromatic rings. The monoisotopic (exact) mass is 282 g/mol. The first-order valence-corrected chi connectivity index (χ1v) is 7.11. The second-order valence-electron chi connectivity index (χ2n) is 5.57. The fourth-order valence-electron chi connectivity index (χ4n) is 2.89. The van der Waals surface area contributed by atoms with E-state index < -0.39 is 5.60 Å². The van der Waals surface area contributed by atoms with Crippen LogP contribution in [0.25, 0.3) is 0 Å². The van der Waals surface area contributed by atoms with Crippen molar-refractivity contribution in [2.75, 3.05) is 18.0 Å². The minimum absolute atomic E-state index is 0.0667. The first kappa shape index (κ1) is 14.8. The summed E-state index contributed by atoms with van der Waals surface area (Å²) in [5, 5.41) is 25.8. The van der Waals surface area contributed by atoms with Crippen molar-refractivity contribution < 1.29 is 10.0 Å². The third kappa shape index (κ3) is 2.49. The van der Waals surface area contributed by atoms with Crippen molar-refractivity contribution >= 4 is 11.5 Å². The van der Waals surface area contributed by atoms with Crippen molar-refractivity contribution in [3.8, 4) is 0 Å². The quantitative estimate of drug-likeness (QED) is 0.636. The normalized spacial score (nSPS) is 17.1. The number of rotatable bonds is 6. The van der Waals surface area contributed by atoms with Gasteiger partial charge in [0, 0.05) is 6.54 Å². The summed E-state index contributed by atoms with van der Waals surface area (Å²) in [6, 6.07) is 0. The summed E-state index contributed by atoms with van der Waals surface area (Å²) in [5.74, 6) is 0.537. The van der Waals surface area contributed by atoms with Gasteiger partial charge < -0.3 is 10.0 Å².